The lowest BCUT2D eigenvalue weighted by Gasteiger charge is -2.12. The van der Waals surface area contributed by atoms with Crippen molar-refractivity contribution in [1.29, 1.82) is 0 Å². The molecule has 4 aromatic carbocycles. The number of carbonyl (C=O) groups is 1. The van der Waals surface area contributed by atoms with E-state index in [0.717, 1.165) is 41.0 Å². The second-order valence-electron chi connectivity index (χ2n) is 9.76. The van der Waals surface area contributed by atoms with Gasteiger partial charge in [-0.15, -0.1) is 11.8 Å². The first kappa shape index (κ1) is 26.4. The van der Waals surface area contributed by atoms with Gasteiger partial charge in [-0.05, 0) is 83.8 Å². The van der Waals surface area contributed by atoms with Crippen LogP contribution in [0.1, 0.15) is 38.3 Å². The van der Waals surface area contributed by atoms with Crippen molar-refractivity contribution in [1.82, 2.24) is 9.88 Å². The monoisotopic (exact) mass is 532 g/mol. The molecule has 4 nitrogen and oxygen atoms in total. The number of aryl methyl sites for hydroxylation is 1. The maximum atomic E-state index is 11.6. The van der Waals surface area contributed by atoms with Gasteiger partial charge < -0.3 is 15.0 Å². The molecule has 0 bridgehead atoms. The normalized spacial score (nSPS) is 11.1. The van der Waals surface area contributed by atoms with Crippen molar-refractivity contribution in [3.05, 3.63) is 131 Å². The number of carboxylic acid groups (broad SMARTS) is 1. The molecule has 5 heteroatoms. The number of fused-ring (bicyclic) bond motifs is 1. The van der Waals surface area contributed by atoms with Gasteiger partial charge >= 0.3 is 5.97 Å². The van der Waals surface area contributed by atoms with E-state index in [1.165, 1.54) is 32.6 Å². The highest BCUT2D eigenvalue weighted by Gasteiger charge is 2.14. The summed E-state index contributed by atoms with van der Waals surface area (Å²) in [6.07, 6.45) is 2.09. The summed E-state index contributed by atoms with van der Waals surface area (Å²) in [7, 11) is 0. The molecule has 0 fully saturated rings. The summed E-state index contributed by atoms with van der Waals surface area (Å²) in [6.45, 7) is 10.1. The molecule has 0 amide bonds. The summed E-state index contributed by atoms with van der Waals surface area (Å²) in [5.41, 5.74) is 10.0. The van der Waals surface area contributed by atoms with E-state index in [2.05, 4.69) is 91.2 Å². The first-order valence-electron chi connectivity index (χ1n) is 12.9. The molecule has 0 spiro atoms. The lowest BCUT2D eigenvalue weighted by Crippen LogP contribution is -2.10. The fourth-order valence-electron chi connectivity index (χ4n) is 4.99. The van der Waals surface area contributed by atoms with Crippen LogP contribution in [0.2, 0.25) is 0 Å². The first-order valence-corrected chi connectivity index (χ1v) is 14.2. The van der Waals surface area contributed by atoms with E-state index in [4.69, 9.17) is 0 Å². The van der Waals surface area contributed by atoms with Crippen LogP contribution in [0.25, 0.3) is 27.7 Å². The van der Waals surface area contributed by atoms with E-state index in [9.17, 15) is 9.90 Å². The van der Waals surface area contributed by atoms with Crippen LogP contribution in [0.15, 0.2) is 102 Å². The van der Waals surface area contributed by atoms with Crippen molar-refractivity contribution in [2.45, 2.75) is 31.8 Å². The number of benzene rings is 4. The van der Waals surface area contributed by atoms with Gasteiger partial charge in [-0.1, -0.05) is 67.2 Å². The second kappa shape index (κ2) is 11.3. The number of hydrogen-bond donors (Lipinski definition) is 2. The molecule has 5 rings (SSSR count). The molecule has 0 saturated heterocycles. The van der Waals surface area contributed by atoms with E-state index in [-0.39, 0.29) is 0 Å². The minimum atomic E-state index is -0.915. The highest BCUT2D eigenvalue weighted by molar-refractivity contribution is 7.98. The van der Waals surface area contributed by atoms with Crippen LogP contribution in [-0.2, 0) is 13.1 Å². The van der Waals surface area contributed by atoms with Gasteiger partial charge in [-0.2, -0.15) is 0 Å². The number of nitrogens with one attached hydrogen (secondary N) is 1. The Hall–Kier alpha value is -4.22. The van der Waals surface area contributed by atoms with Crippen LogP contribution >= 0.6 is 11.8 Å². The number of nitrogens with zero attached hydrogens (tertiary/aromatic N) is 1. The third kappa shape index (κ3) is 5.50. The number of hydrogen-bond acceptors (Lipinski definition) is 3. The summed E-state index contributed by atoms with van der Waals surface area (Å²) in [6, 6.07) is 30.5. The zero-order chi connectivity index (χ0) is 27.5. The van der Waals surface area contributed by atoms with Gasteiger partial charge in [0.2, 0.25) is 0 Å². The van der Waals surface area contributed by atoms with E-state index < -0.39 is 5.97 Å². The molecule has 0 aliphatic carbocycles. The Balaban J connectivity index is 1.35. The molecular formula is C34H32N2O2S. The zero-order valence-corrected chi connectivity index (χ0v) is 23.3. The molecule has 0 aliphatic rings. The van der Waals surface area contributed by atoms with Crippen molar-refractivity contribution in [2.75, 3.05) is 6.26 Å². The SMILES string of the molecule is C=C(NCc1ccc(SC)cc1)c1ccc2c(c1)c(C)c(C)n2Cc1ccc(-c2ccccc2C(=O)O)cc1. The maximum absolute atomic E-state index is 11.6. The third-order valence-electron chi connectivity index (χ3n) is 7.42. The van der Waals surface area contributed by atoms with Gasteiger partial charge in [0.15, 0.2) is 0 Å². The molecule has 0 aliphatic heterocycles. The van der Waals surface area contributed by atoms with Gasteiger partial charge in [0.05, 0.1) is 5.56 Å². The van der Waals surface area contributed by atoms with E-state index in [1.807, 2.05) is 24.3 Å². The summed E-state index contributed by atoms with van der Waals surface area (Å²) in [5, 5.41) is 14.3. The highest BCUT2D eigenvalue weighted by atomic mass is 32.2. The van der Waals surface area contributed by atoms with Gasteiger partial charge in [-0.25, -0.2) is 4.79 Å². The van der Waals surface area contributed by atoms with Crippen LogP contribution < -0.4 is 5.32 Å². The summed E-state index contributed by atoms with van der Waals surface area (Å²) >= 11 is 1.75. The Bertz CT molecular complexity index is 1660. The van der Waals surface area contributed by atoms with Crippen molar-refractivity contribution < 1.29 is 9.90 Å². The van der Waals surface area contributed by atoms with E-state index >= 15 is 0 Å². The van der Waals surface area contributed by atoms with Crippen molar-refractivity contribution >= 4 is 34.3 Å². The fourth-order valence-corrected chi connectivity index (χ4v) is 5.40. The molecule has 39 heavy (non-hydrogen) atoms. The van der Waals surface area contributed by atoms with Crippen LogP contribution in [-0.4, -0.2) is 21.9 Å². The van der Waals surface area contributed by atoms with Crippen LogP contribution in [0, 0.1) is 13.8 Å². The largest absolute Gasteiger partial charge is 0.478 e. The predicted octanol–water partition coefficient (Wildman–Crippen LogP) is 8.15. The smallest absolute Gasteiger partial charge is 0.336 e. The molecule has 0 radical (unpaired) electrons. The van der Waals surface area contributed by atoms with Gasteiger partial charge in [0, 0.05) is 40.3 Å². The second-order valence-corrected chi connectivity index (χ2v) is 10.6. The lowest BCUT2D eigenvalue weighted by molar-refractivity contribution is 0.0697. The maximum Gasteiger partial charge on any atom is 0.336 e. The zero-order valence-electron chi connectivity index (χ0n) is 22.5. The molecule has 0 unspecified atom stereocenters. The lowest BCUT2D eigenvalue weighted by atomic mass is 9.99. The summed E-state index contributed by atoms with van der Waals surface area (Å²) in [5.74, 6) is -0.915. The average molecular weight is 533 g/mol. The third-order valence-corrected chi connectivity index (χ3v) is 8.16. The Labute approximate surface area is 234 Å². The van der Waals surface area contributed by atoms with Gasteiger partial charge in [-0.3, -0.25) is 0 Å². The predicted molar refractivity (Wildman–Crippen MR) is 163 cm³/mol. The van der Waals surface area contributed by atoms with Gasteiger partial charge in [0.1, 0.15) is 0 Å². The quantitative estimate of drug-likeness (QED) is 0.188. The number of aromatic carboxylic acids is 1. The standard InChI is InChI=1S/C34H32N2O2S/c1-22-24(3)36(21-26-9-13-27(14-10-26)30-7-5-6-8-31(30)34(37)38)33-18-15-28(19-32(22)33)23(2)35-20-25-11-16-29(39-4)17-12-25/h5-19,35H,2,20-21H2,1,3-4H3,(H,37,38). The molecule has 1 aromatic heterocycles. The summed E-state index contributed by atoms with van der Waals surface area (Å²) in [4.78, 5) is 12.9. The number of thioether (sulfide) groups is 1. The molecule has 1 heterocycles. The first-order chi connectivity index (χ1) is 18.9. The van der Waals surface area contributed by atoms with Crippen LogP contribution in [0.3, 0.4) is 0 Å². The Morgan fingerprint density at radius 1 is 0.923 bits per heavy atom. The fraction of sp³-hybridized carbons (Fsp3) is 0.147. The Morgan fingerprint density at radius 3 is 2.31 bits per heavy atom. The topological polar surface area (TPSA) is 54.3 Å². The minimum Gasteiger partial charge on any atom is -0.478 e. The van der Waals surface area contributed by atoms with E-state index in [1.54, 1.807) is 23.9 Å². The molecule has 5 aromatic rings. The Morgan fingerprint density at radius 2 is 1.62 bits per heavy atom. The average Bonchev–Trinajstić information content (AvgIpc) is 3.20. The van der Waals surface area contributed by atoms with Crippen molar-refractivity contribution in [3.63, 3.8) is 0 Å². The van der Waals surface area contributed by atoms with Crippen LogP contribution in [0.4, 0.5) is 0 Å². The van der Waals surface area contributed by atoms with E-state index in [0.29, 0.717) is 5.56 Å². The Kier molecular flexibility index (Phi) is 7.62. The minimum absolute atomic E-state index is 0.313. The van der Waals surface area contributed by atoms with Crippen molar-refractivity contribution in [3.8, 4) is 11.1 Å². The number of carboxylic acids is 1. The highest BCUT2D eigenvalue weighted by Crippen LogP contribution is 2.30. The molecule has 2 N–H and O–H groups in total. The summed E-state index contributed by atoms with van der Waals surface area (Å²) < 4.78 is 2.35. The molecule has 0 atom stereocenters. The number of rotatable bonds is 9. The van der Waals surface area contributed by atoms with Crippen LogP contribution in [0.5, 0.6) is 0 Å². The number of aromatic nitrogens is 1. The molecule has 0 saturated carbocycles. The van der Waals surface area contributed by atoms with Crippen molar-refractivity contribution in [2.24, 2.45) is 0 Å². The van der Waals surface area contributed by atoms with Gasteiger partial charge in [0.25, 0.3) is 0 Å². The molecule has 196 valence electrons. The molecular weight excluding hydrogens is 500 g/mol.